The number of carbonyl (C=O) groups excluding carboxylic acids is 5. The number of nitrogens with one attached hydrogen (secondary N) is 5. The van der Waals surface area contributed by atoms with Crippen molar-refractivity contribution in [2.24, 2.45) is 0 Å². The number of halogens is 1. The van der Waals surface area contributed by atoms with Crippen LogP contribution in [0.5, 0.6) is 0 Å². The number of para-hydroxylation sites is 1. The van der Waals surface area contributed by atoms with E-state index in [0.717, 1.165) is 4.90 Å². The standard InChI is InChI=1S/C34H33ClN6O9S/c35-24-19-38-30-22(24)6-2-9-26(30)40-51(47,48)21-5-1-4-20(18-21)31(43)37-13-15-50-17-16-49-14-12-36-25-8-3-7-23-29(25)34(46)41(33(23)45)27-10-11-28(42)39-32(27)44/h1-9,18-19,27,36,38,40H,10-17H2,(H,37,43)(H,39,42,44). The molecule has 0 spiro atoms. The van der Waals surface area contributed by atoms with Gasteiger partial charge in [0.05, 0.1) is 58.7 Å². The molecule has 0 radical (unpaired) electrons. The van der Waals surface area contributed by atoms with Gasteiger partial charge >= 0.3 is 0 Å². The number of aromatic amines is 1. The summed E-state index contributed by atoms with van der Waals surface area (Å²) in [4.78, 5) is 66.5. The second kappa shape index (κ2) is 15.3. The first-order valence-corrected chi connectivity index (χ1v) is 17.8. The normalized spacial score (nSPS) is 15.9. The van der Waals surface area contributed by atoms with Crippen LogP contribution in [-0.4, -0.2) is 93.4 Å². The minimum Gasteiger partial charge on any atom is -0.382 e. The number of carbonyl (C=O) groups is 5. The second-order valence-electron chi connectivity index (χ2n) is 11.6. The summed E-state index contributed by atoms with van der Waals surface area (Å²) in [6.07, 6.45) is 1.68. The molecule has 4 aromatic rings. The molecule has 2 aliphatic rings. The monoisotopic (exact) mass is 736 g/mol. The van der Waals surface area contributed by atoms with E-state index in [-0.39, 0.29) is 67.4 Å². The molecule has 5 N–H and O–H groups in total. The Morgan fingerprint density at radius 2 is 1.63 bits per heavy atom. The van der Waals surface area contributed by atoms with E-state index in [0.29, 0.717) is 33.8 Å². The third kappa shape index (κ3) is 7.73. The number of fused-ring (bicyclic) bond motifs is 2. The fourth-order valence-electron chi connectivity index (χ4n) is 5.79. The van der Waals surface area contributed by atoms with Crippen LogP contribution in [0, 0.1) is 0 Å². The fraction of sp³-hybridized carbons (Fsp3) is 0.265. The van der Waals surface area contributed by atoms with Crippen molar-refractivity contribution in [3.63, 3.8) is 0 Å². The summed E-state index contributed by atoms with van der Waals surface area (Å²) in [5.74, 6) is -2.76. The van der Waals surface area contributed by atoms with Gasteiger partial charge in [-0.05, 0) is 42.8 Å². The van der Waals surface area contributed by atoms with Gasteiger partial charge in [0, 0.05) is 42.3 Å². The van der Waals surface area contributed by atoms with Crippen molar-refractivity contribution >= 4 is 73.4 Å². The summed E-state index contributed by atoms with van der Waals surface area (Å²) in [5, 5.41) is 9.10. The van der Waals surface area contributed by atoms with Crippen molar-refractivity contribution in [3.8, 4) is 0 Å². The zero-order chi connectivity index (χ0) is 36.1. The van der Waals surface area contributed by atoms with Crippen LogP contribution >= 0.6 is 11.6 Å². The predicted octanol–water partition coefficient (Wildman–Crippen LogP) is 2.90. The number of ether oxygens (including phenoxy) is 2. The van der Waals surface area contributed by atoms with E-state index < -0.39 is 45.6 Å². The average Bonchev–Trinajstić information content (AvgIpc) is 3.62. The zero-order valence-corrected chi connectivity index (χ0v) is 28.6. The van der Waals surface area contributed by atoms with Gasteiger partial charge in [-0.15, -0.1) is 0 Å². The maximum Gasteiger partial charge on any atom is 0.264 e. The molecule has 2 aliphatic heterocycles. The molecule has 1 unspecified atom stereocenters. The van der Waals surface area contributed by atoms with Gasteiger partial charge in [-0.25, -0.2) is 8.42 Å². The lowest BCUT2D eigenvalue weighted by Crippen LogP contribution is -2.54. The summed E-state index contributed by atoms with van der Waals surface area (Å²) in [7, 11) is -4.02. The van der Waals surface area contributed by atoms with Crippen LogP contribution in [0.4, 0.5) is 11.4 Å². The summed E-state index contributed by atoms with van der Waals surface area (Å²) >= 11 is 6.15. The van der Waals surface area contributed by atoms with Gasteiger partial charge in [0.25, 0.3) is 27.7 Å². The van der Waals surface area contributed by atoms with E-state index in [4.69, 9.17) is 21.1 Å². The molecule has 0 bridgehead atoms. The van der Waals surface area contributed by atoms with E-state index in [1.165, 1.54) is 30.3 Å². The molecule has 6 rings (SSSR count). The number of anilines is 2. The molecular formula is C34H33ClN6O9S. The van der Waals surface area contributed by atoms with E-state index in [2.05, 4.69) is 25.7 Å². The van der Waals surface area contributed by atoms with Crippen LogP contribution in [0.1, 0.15) is 43.9 Å². The minimum atomic E-state index is -4.02. The molecule has 1 aromatic heterocycles. The number of hydrogen-bond acceptors (Lipinski definition) is 10. The first kappa shape index (κ1) is 35.5. The molecular weight excluding hydrogens is 704 g/mol. The average molecular weight is 737 g/mol. The van der Waals surface area contributed by atoms with Crippen molar-refractivity contribution in [1.82, 2.24) is 20.5 Å². The highest BCUT2D eigenvalue weighted by Gasteiger charge is 2.45. The number of piperidine rings is 1. The van der Waals surface area contributed by atoms with Gasteiger partial charge in [-0.2, -0.15) is 0 Å². The van der Waals surface area contributed by atoms with Crippen LogP contribution in [0.15, 0.2) is 71.8 Å². The first-order chi connectivity index (χ1) is 24.5. The Morgan fingerprint density at radius 1 is 0.902 bits per heavy atom. The molecule has 17 heteroatoms. The minimum absolute atomic E-state index is 0.0383. The van der Waals surface area contributed by atoms with Crippen LogP contribution in [0.3, 0.4) is 0 Å². The summed E-state index contributed by atoms with van der Waals surface area (Å²) in [6.45, 7) is 1.41. The van der Waals surface area contributed by atoms with Crippen molar-refractivity contribution < 1.29 is 41.9 Å². The molecule has 0 saturated carbocycles. The molecule has 15 nitrogen and oxygen atoms in total. The van der Waals surface area contributed by atoms with E-state index in [9.17, 15) is 32.4 Å². The van der Waals surface area contributed by atoms with Gasteiger partial charge < -0.3 is 25.1 Å². The van der Waals surface area contributed by atoms with Crippen molar-refractivity contribution in [2.45, 2.75) is 23.8 Å². The van der Waals surface area contributed by atoms with Crippen LogP contribution < -0.4 is 20.7 Å². The third-order valence-electron chi connectivity index (χ3n) is 8.25. The Labute approximate surface area is 297 Å². The van der Waals surface area contributed by atoms with E-state index in [1.54, 1.807) is 36.5 Å². The SMILES string of the molecule is O=C1CCC(N2C(=O)c3cccc(NCCOCCOCCNC(=O)c4cccc(S(=O)(=O)Nc5cccc6c(Cl)c[nH]c56)c4)c3C2=O)C(=O)N1. The molecule has 0 aliphatic carbocycles. The van der Waals surface area contributed by atoms with Gasteiger partial charge in [-0.3, -0.25) is 38.9 Å². The van der Waals surface area contributed by atoms with Crippen molar-refractivity contribution in [2.75, 3.05) is 49.6 Å². The number of benzene rings is 3. The Balaban J connectivity index is 0.895. The zero-order valence-electron chi connectivity index (χ0n) is 27.0. The molecule has 51 heavy (non-hydrogen) atoms. The first-order valence-electron chi connectivity index (χ1n) is 16.0. The molecule has 1 saturated heterocycles. The Bertz CT molecular complexity index is 2140. The number of nitrogens with zero attached hydrogens (tertiary/aromatic N) is 1. The van der Waals surface area contributed by atoms with Gasteiger partial charge in [0.2, 0.25) is 11.8 Å². The number of sulfonamides is 1. The highest BCUT2D eigenvalue weighted by atomic mass is 35.5. The summed E-state index contributed by atoms with van der Waals surface area (Å²) in [5.41, 5.74) is 1.79. The summed E-state index contributed by atoms with van der Waals surface area (Å²) in [6, 6.07) is 14.5. The lowest BCUT2D eigenvalue weighted by molar-refractivity contribution is -0.136. The molecule has 1 atom stereocenters. The highest BCUT2D eigenvalue weighted by molar-refractivity contribution is 7.92. The maximum atomic E-state index is 13.2. The largest absolute Gasteiger partial charge is 0.382 e. The van der Waals surface area contributed by atoms with Gasteiger partial charge in [0.15, 0.2) is 0 Å². The molecule has 3 heterocycles. The smallest absolute Gasteiger partial charge is 0.264 e. The summed E-state index contributed by atoms with van der Waals surface area (Å²) < 4.78 is 39.9. The third-order valence-corrected chi connectivity index (χ3v) is 9.93. The number of rotatable bonds is 15. The number of H-pyrrole nitrogens is 1. The van der Waals surface area contributed by atoms with Crippen molar-refractivity contribution in [1.29, 1.82) is 0 Å². The molecule has 1 fully saturated rings. The van der Waals surface area contributed by atoms with Crippen LogP contribution in [0.2, 0.25) is 5.02 Å². The lowest BCUT2D eigenvalue weighted by atomic mass is 10.0. The molecule has 266 valence electrons. The van der Waals surface area contributed by atoms with Gasteiger partial charge in [0.1, 0.15) is 6.04 Å². The molecule has 5 amide bonds. The number of hydrogen-bond donors (Lipinski definition) is 5. The predicted molar refractivity (Wildman–Crippen MR) is 186 cm³/mol. The number of imide groups is 2. The van der Waals surface area contributed by atoms with Crippen LogP contribution in [0.25, 0.3) is 10.9 Å². The fourth-order valence-corrected chi connectivity index (χ4v) is 7.12. The topological polar surface area (TPSA) is 205 Å². The maximum absolute atomic E-state index is 13.2. The second-order valence-corrected chi connectivity index (χ2v) is 13.7. The number of amides is 5. The van der Waals surface area contributed by atoms with Crippen LogP contribution in [-0.2, 0) is 29.1 Å². The van der Waals surface area contributed by atoms with E-state index in [1.807, 2.05) is 0 Å². The van der Waals surface area contributed by atoms with Gasteiger partial charge in [-0.1, -0.05) is 35.9 Å². The Hall–Kier alpha value is -5.29. The molecule has 3 aromatic carbocycles. The number of aromatic nitrogens is 1. The Kier molecular flexibility index (Phi) is 10.7. The highest BCUT2D eigenvalue weighted by Crippen LogP contribution is 2.33. The van der Waals surface area contributed by atoms with Crippen molar-refractivity contribution in [3.05, 3.63) is 88.6 Å². The lowest BCUT2D eigenvalue weighted by Gasteiger charge is -2.27. The quantitative estimate of drug-likeness (QED) is 0.0892. The Morgan fingerprint density at radius 3 is 2.41 bits per heavy atom. The van der Waals surface area contributed by atoms with E-state index >= 15 is 0 Å².